The number of rotatable bonds is 5. The molecule has 2 saturated heterocycles. The molecule has 3 fully saturated rings. The molecule has 196 valence electrons. The molecular weight excluding hydrogens is 472 g/mol. The van der Waals surface area contributed by atoms with Crippen molar-refractivity contribution in [2.45, 2.75) is 71.6 Å². The van der Waals surface area contributed by atoms with Crippen molar-refractivity contribution in [3.63, 3.8) is 0 Å². The third kappa shape index (κ3) is 3.84. The number of amides is 4. The summed E-state index contributed by atoms with van der Waals surface area (Å²) < 4.78 is 8.10. The van der Waals surface area contributed by atoms with Gasteiger partial charge in [0.05, 0.1) is 12.1 Å². The standard InChI is InChI=1S/C27H34N6O4/c1-15(2)22-25(35)32(16-5-6-16)26(36)33(22)21-13-30-9-10-37-20-11-17(7-8-18(20)24(30)29-21)31-14-27(3,4)12-19(31)23(28)34/h7-8,11,13,15-16,19,22H,5-6,9-10,12,14H2,1-4H3,(H2,28,34)/t19-,22?/m0/s1. The number of fused-ring (bicyclic) bond motifs is 3. The molecule has 4 aliphatic rings. The average molecular weight is 507 g/mol. The molecule has 0 bridgehead atoms. The second kappa shape index (κ2) is 8.22. The van der Waals surface area contributed by atoms with Gasteiger partial charge in [-0.1, -0.05) is 27.7 Å². The number of anilines is 2. The number of imide groups is 1. The Bertz CT molecular complexity index is 1300. The van der Waals surface area contributed by atoms with Crippen LogP contribution in [0.5, 0.6) is 5.75 Å². The number of benzene rings is 1. The van der Waals surface area contributed by atoms with Crippen LogP contribution in [0.1, 0.15) is 47.0 Å². The summed E-state index contributed by atoms with van der Waals surface area (Å²) in [5, 5.41) is 0. The van der Waals surface area contributed by atoms with Crippen LogP contribution in [-0.4, -0.2) is 63.6 Å². The molecule has 10 nitrogen and oxygen atoms in total. The third-order valence-electron chi connectivity index (χ3n) is 7.91. The van der Waals surface area contributed by atoms with Gasteiger partial charge >= 0.3 is 6.03 Å². The first-order valence-corrected chi connectivity index (χ1v) is 13.1. The highest BCUT2D eigenvalue weighted by Gasteiger charge is 2.53. The number of carbonyl (C=O) groups excluding carboxylic acids is 3. The lowest BCUT2D eigenvalue weighted by atomic mass is 9.90. The number of nitrogens with zero attached hydrogens (tertiary/aromatic N) is 5. The fourth-order valence-corrected chi connectivity index (χ4v) is 6.02. The minimum atomic E-state index is -0.561. The van der Waals surface area contributed by atoms with Crippen molar-refractivity contribution in [1.29, 1.82) is 0 Å². The Kier molecular flexibility index (Phi) is 5.29. The fraction of sp³-hybridized carbons (Fsp3) is 0.556. The molecule has 1 unspecified atom stereocenters. The van der Waals surface area contributed by atoms with Gasteiger partial charge in [0.1, 0.15) is 30.3 Å². The van der Waals surface area contributed by atoms with Gasteiger partial charge in [0.15, 0.2) is 5.82 Å². The Morgan fingerprint density at radius 2 is 1.95 bits per heavy atom. The Labute approximate surface area is 216 Å². The molecule has 10 heteroatoms. The van der Waals surface area contributed by atoms with Crippen LogP contribution in [0.15, 0.2) is 24.4 Å². The summed E-state index contributed by atoms with van der Waals surface area (Å²) in [5.74, 6) is 1.35. The van der Waals surface area contributed by atoms with Gasteiger partial charge < -0.3 is 19.9 Å². The van der Waals surface area contributed by atoms with E-state index in [9.17, 15) is 14.4 Å². The highest BCUT2D eigenvalue weighted by atomic mass is 16.5. The van der Waals surface area contributed by atoms with E-state index >= 15 is 0 Å². The summed E-state index contributed by atoms with van der Waals surface area (Å²) in [5.41, 5.74) is 7.40. The van der Waals surface area contributed by atoms with E-state index in [1.54, 1.807) is 4.90 Å². The maximum Gasteiger partial charge on any atom is 0.333 e. The predicted molar refractivity (Wildman–Crippen MR) is 138 cm³/mol. The van der Waals surface area contributed by atoms with Gasteiger partial charge in [-0.3, -0.25) is 19.4 Å². The summed E-state index contributed by atoms with van der Waals surface area (Å²) in [6.07, 6.45) is 4.29. The number of nitrogens with two attached hydrogens (primary N) is 1. The zero-order valence-corrected chi connectivity index (χ0v) is 21.8. The zero-order chi connectivity index (χ0) is 26.2. The Balaban J connectivity index is 1.36. The third-order valence-corrected chi connectivity index (χ3v) is 7.91. The van der Waals surface area contributed by atoms with Crippen molar-refractivity contribution in [3.8, 4) is 17.1 Å². The number of ether oxygens (including phenoxy) is 1. The lowest BCUT2D eigenvalue weighted by Crippen LogP contribution is -2.40. The van der Waals surface area contributed by atoms with Crippen molar-refractivity contribution >= 4 is 29.4 Å². The van der Waals surface area contributed by atoms with Crippen LogP contribution < -0.4 is 20.3 Å². The van der Waals surface area contributed by atoms with Crippen LogP contribution in [0.3, 0.4) is 0 Å². The van der Waals surface area contributed by atoms with E-state index in [1.165, 1.54) is 4.90 Å². The normalized spacial score (nSPS) is 24.8. The number of urea groups is 1. The molecule has 4 heterocycles. The highest BCUT2D eigenvalue weighted by Crippen LogP contribution is 2.42. The van der Waals surface area contributed by atoms with Gasteiger partial charge in [-0.15, -0.1) is 0 Å². The van der Waals surface area contributed by atoms with Crippen LogP contribution in [0.25, 0.3) is 11.4 Å². The van der Waals surface area contributed by atoms with Crippen molar-refractivity contribution in [3.05, 3.63) is 24.4 Å². The largest absolute Gasteiger partial charge is 0.491 e. The monoisotopic (exact) mass is 506 g/mol. The Morgan fingerprint density at radius 3 is 2.62 bits per heavy atom. The van der Waals surface area contributed by atoms with E-state index in [4.69, 9.17) is 15.5 Å². The van der Waals surface area contributed by atoms with E-state index in [0.717, 1.165) is 30.6 Å². The smallest absolute Gasteiger partial charge is 0.333 e. The number of primary amides is 1. The minimum absolute atomic E-state index is 0.0130. The molecule has 3 aliphatic heterocycles. The van der Waals surface area contributed by atoms with Gasteiger partial charge in [0, 0.05) is 30.5 Å². The highest BCUT2D eigenvalue weighted by molar-refractivity contribution is 6.14. The molecule has 4 amide bonds. The first-order chi connectivity index (χ1) is 17.6. The number of hydrogen-bond donors (Lipinski definition) is 1. The maximum absolute atomic E-state index is 13.4. The van der Waals surface area contributed by atoms with Crippen LogP contribution >= 0.6 is 0 Å². The summed E-state index contributed by atoms with van der Waals surface area (Å²) in [6, 6.07) is 4.69. The number of hydrogen-bond acceptors (Lipinski definition) is 6. The number of carbonyl (C=O) groups is 3. The molecule has 2 N–H and O–H groups in total. The van der Waals surface area contributed by atoms with Crippen LogP contribution in [0.2, 0.25) is 0 Å². The van der Waals surface area contributed by atoms with Crippen molar-refractivity contribution in [2.24, 2.45) is 17.1 Å². The van der Waals surface area contributed by atoms with Crippen LogP contribution in [0, 0.1) is 11.3 Å². The first kappa shape index (κ1) is 23.8. The molecule has 1 aliphatic carbocycles. The molecule has 0 radical (unpaired) electrons. The van der Waals surface area contributed by atoms with E-state index in [1.807, 2.05) is 42.8 Å². The van der Waals surface area contributed by atoms with E-state index in [0.29, 0.717) is 37.0 Å². The van der Waals surface area contributed by atoms with Gasteiger partial charge in [0.25, 0.3) is 5.91 Å². The minimum Gasteiger partial charge on any atom is -0.491 e. The lowest BCUT2D eigenvalue weighted by Gasteiger charge is -2.26. The zero-order valence-electron chi connectivity index (χ0n) is 21.8. The van der Waals surface area contributed by atoms with Gasteiger partial charge in [-0.25, -0.2) is 9.78 Å². The summed E-state index contributed by atoms with van der Waals surface area (Å²) in [7, 11) is 0. The van der Waals surface area contributed by atoms with E-state index in [2.05, 4.69) is 18.7 Å². The maximum atomic E-state index is 13.4. The Morgan fingerprint density at radius 1 is 1.19 bits per heavy atom. The van der Waals surface area contributed by atoms with Gasteiger partial charge in [0.2, 0.25) is 5.91 Å². The van der Waals surface area contributed by atoms with Crippen LogP contribution in [-0.2, 0) is 16.1 Å². The van der Waals surface area contributed by atoms with Crippen molar-refractivity contribution in [2.75, 3.05) is 23.0 Å². The summed E-state index contributed by atoms with van der Waals surface area (Å²) in [6.45, 7) is 9.91. The number of aromatic nitrogens is 2. The molecule has 0 spiro atoms. The van der Waals surface area contributed by atoms with Crippen molar-refractivity contribution in [1.82, 2.24) is 14.5 Å². The average Bonchev–Trinajstić information content (AvgIpc) is 3.44. The second-order valence-electron chi connectivity index (χ2n) is 11.8. The topological polar surface area (TPSA) is 114 Å². The molecule has 1 aromatic heterocycles. The van der Waals surface area contributed by atoms with E-state index in [-0.39, 0.29) is 41.3 Å². The van der Waals surface area contributed by atoms with Gasteiger partial charge in [-0.05, 0) is 42.7 Å². The molecule has 6 rings (SSSR count). The van der Waals surface area contributed by atoms with Crippen LogP contribution in [0.4, 0.5) is 16.3 Å². The first-order valence-electron chi connectivity index (χ1n) is 13.1. The summed E-state index contributed by atoms with van der Waals surface area (Å²) >= 11 is 0. The number of imidazole rings is 1. The van der Waals surface area contributed by atoms with E-state index < -0.39 is 6.04 Å². The fourth-order valence-electron chi connectivity index (χ4n) is 6.02. The molecule has 1 saturated carbocycles. The molecule has 37 heavy (non-hydrogen) atoms. The molecule has 2 atom stereocenters. The second-order valence-corrected chi connectivity index (χ2v) is 11.8. The summed E-state index contributed by atoms with van der Waals surface area (Å²) in [4.78, 5) is 48.7. The molecular formula is C27H34N6O4. The SMILES string of the molecule is CC(C)C1C(=O)N(C2CC2)C(=O)N1c1cn2c(n1)-c1ccc(N3CC(C)(C)C[C@H]3C(N)=O)cc1OCC2. The Hall–Kier alpha value is -3.56. The van der Waals surface area contributed by atoms with Gasteiger partial charge in [-0.2, -0.15) is 0 Å². The quantitative estimate of drug-likeness (QED) is 0.624. The molecule has 1 aromatic carbocycles. The molecule has 2 aromatic rings. The lowest BCUT2D eigenvalue weighted by molar-refractivity contribution is -0.128. The predicted octanol–water partition coefficient (Wildman–Crippen LogP) is 2.99. The van der Waals surface area contributed by atoms with Crippen molar-refractivity contribution < 1.29 is 19.1 Å².